The molecule has 0 aliphatic heterocycles. The fraction of sp³-hybridized carbons (Fsp3) is 0.167. The SMILES string of the molecule is CCn1c(SCC(=O)Nc2cccc(Br)c2)nnc1-c1ccc(Cl)cc1Cl. The van der Waals surface area contributed by atoms with E-state index in [0.29, 0.717) is 27.6 Å². The van der Waals surface area contributed by atoms with Crippen LogP contribution in [0.1, 0.15) is 6.92 Å². The van der Waals surface area contributed by atoms with Gasteiger partial charge >= 0.3 is 0 Å². The second kappa shape index (κ2) is 9.10. The summed E-state index contributed by atoms with van der Waals surface area (Å²) in [7, 11) is 0. The van der Waals surface area contributed by atoms with Crippen LogP contribution < -0.4 is 5.32 Å². The summed E-state index contributed by atoms with van der Waals surface area (Å²) in [5, 5.41) is 13.0. The van der Waals surface area contributed by atoms with E-state index in [1.165, 1.54) is 11.8 Å². The molecule has 1 amide bonds. The van der Waals surface area contributed by atoms with Crippen LogP contribution >= 0.6 is 50.9 Å². The molecule has 0 fully saturated rings. The maximum absolute atomic E-state index is 12.2. The first kappa shape index (κ1) is 20.2. The second-order valence-electron chi connectivity index (χ2n) is 5.52. The number of amides is 1. The molecule has 2 aromatic carbocycles. The van der Waals surface area contributed by atoms with E-state index >= 15 is 0 Å². The van der Waals surface area contributed by atoms with Gasteiger partial charge in [0, 0.05) is 27.3 Å². The average Bonchev–Trinajstić information content (AvgIpc) is 3.02. The number of carbonyl (C=O) groups is 1. The van der Waals surface area contributed by atoms with E-state index in [4.69, 9.17) is 23.2 Å². The van der Waals surface area contributed by atoms with Gasteiger partial charge in [-0.05, 0) is 43.3 Å². The van der Waals surface area contributed by atoms with E-state index in [2.05, 4.69) is 31.4 Å². The van der Waals surface area contributed by atoms with Gasteiger partial charge in [-0.1, -0.05) is 57.0 Å². The zero-order chi connectivity index (χ0) is 19.4. The van der Waals surface area contributed by atoms with Crippen LogP contribution in [0.5, 0.6) is 0 Å². The Balaban J connectivity index is 1.72. The predicted octanol–water partition coefficient (Wildman–Crippen LogP) is 5.77. The normalized spacial score (nSPS) is 10.8. The molecule has 27 heavy (non-hydrogen) atoms. The minimum atomic E-state index is -0.116. The lowest BCUT2D eigenvalue weighted by atomic mass is 10.2. The van der Waals surface area contributed by atoms with Crippen molar-refractivity contribution in [1.82, 2.24) is 14.8 Å². The van der Waals surface area contributed by atoms with E-state index < -0.39 is 0 Å². The van der Waals surface area contributed by atoms with Crippen LogP contribution in [-0.2, 0) is 11.3 Å². The van der Waals surface area contributed by atoms with Gasteiger partial charge in [0.05, 0.1) is 10.8 Å². The van der Waals surface area contributed by atoms with Crippen LogP contribution in [0.2, 0.25) is 10.0 Å². The van der Waals surface area contributed by atoms with Gasteiger partial charge in [0.1, 0.15) is 0 Å². The predicted molar refractivity (Wildman–Crippen MR) is 115 cm³/mol. The molecule has 0 saturated carbocycles. The molecule has 0 aliphatic carbocycles. The quantitative estimate of drug-likeness (QED) is 0.450. The third-order valence-corrected chi connectivity index (χ3v) is 5.65. The van der Waals surface area contributed by atoms with Crippen LogP contribution in [0.15, 0.2) is 52.1 Å². The molecular weight excluding hydrogens is 471 g/mol. The highest BCUT2D eigenvalue weighted by molar-refractivity contribution is 9.10. The summed E-state index contributed by atoms with van der Waals surface area (Å²) >= 11 is 17.0. The summed E-state index contributed by atoms with van der Waals surface area (Å²) in [4.78, 5) is 12.2. The molecule has 0 radical (unpaired) electrons. The van der Waals surface area contributed by atoms with Crippen molar-refractivity contribution in [3.05, 3.63) is 57.0 Å². The largest absolute Gasteiger partial charge is 0.325 e. The van der Waals surface area contributed by atoms with Gasteiger partial charge in [0.15, 0.2) is 11.0 Å². The summed E-state index contributed by atoms with van der Waals surface area (Å²) in [5.74, 6) is 0.753. The van der Waals surface area contributed by atoms with Crippen molar-refractivity contribution in [1.29, 1.82) is 0 Å². The summed E-state index contributed by atoms with van der Waals surface area (Å²) in [6.45, 7) is 2.64. The number of anilines is 1. The number of nitrogens with zero attached hydrogens (tertiary/aromatic N) is 3. The van der Waals surface area contributed by atoms with Gasteiger partial charge in [-0.2, -0.15) is 0 Å². The zero-order valence-corrected chi connectivity index (χ0v) is 18.2. The third-order valence-electron chi connectivity index (χ3n) is 3.65. The number of halogens is 3. The van der Waals surface area contributed by atoms with E-state index in [1.54, 1.807) is 12.1 Å². The lowest BCUT2D eigenvalue weighted by molar-refractivity contribution is -0.113. The van der Waals surface area contributed by atoms with Crippen molar-refractivity contribution in [3.8, 4) is 11.4 Å². The number of thioether (sulfide) groups is 1. The van der Waals surface area contributed by atoms with Crippen LogP contribution in [0.3, 0.4) is 0 Å². The molecule has 140 valence electrons. The Bertz CT molecular complexity index is 980. The van der Waals surface area contributed by atoms with Crippen LogP contribution in [0.25, 0.3) is 11.4 Å². The van der Waals surface area contributed by atoms with Crippen LogP contribution in [0.4, 0.5) is 5.69 Å². The molecule has 3 rings (SSSR count). The minimum Gasteiger partial charge on any atom is -0.325 e. The Morgan fingerprint density at radius 1 is 1.22 bits per heavy atom. The Morgan fingerprint density at radius 3 is 2.74 bits per heavy atom. The molecule has 9 heteroatoms. The highest BCUT2D eigenvalue weighted by Crippen LogP contribution is 2.31. The number of rotatable bonds is 6. The fourth-order valence-electron chi connectivity index (χ4n) is 2.44. The topological polar surface area (TPSA) is 59.8 Å². The van der Waals surface area contributed by atoms with E-state index in [-0.39, 0.29) is 11.7 Å². The smallest absolute Gasteiger partial charge is 0.234 e. The highest BCUT2D eigenvalue weighted by Gasteiger charge is 2.17. The lowest BCUT2D eigenvalue weighted by Crippen LogP contribution is -2.14. The average molecular weight is 486 g/mol. The van der Waals surface area contributed by atoms with Crippen molar-refractivity contribution in [2.45, 2.75) is 18.6 Å². The van der Waals surface area contributed by atoms with Gasteiger partial charge in [-0.3, -0.25) is 4.79 Å². The Labute approximate surface area is 179 Å². The van der Waals surface area contributed by atoms with Crippen molar-refractivity contribution < 1.29 is 4.79 Å². The van der Waals surface area contributed by atoms with Gasteiger partial charge in [-0.25, -0.2) is 0 Å². The van der Waals surface area contributed by atoms with Crippen molar-refractivity contribution >= 4 is 62.5 Å². The summed E-state index contributed by atoms with van der Waals surface area (Å²) in [5.41, 5.74) is 1.49. The molecule has 1 N–H and O–H groups in total. The van der Waals surface area contributed by atoms with Crippen molar-refractivity contribution in [2.75, 3.05) is 11.1 Å². The number of aromatic nitrogens is 3. The van der Waals surface area contributed by atoms with Gasteiger partial charge in [-0.15, -0.1) is 10.2 Å². The molecule has 0 spiro atoms. The molecule has 0 aliphatic rings. The first-order valence-corrected chi connectivity index (χ1v) is 10.6. The first-order valence-electron chi connectivity index (χ1n) is 8.04. The molecular formula is C18H15BrCl2N4OS. The van der Waals surface area contributed by atoms with Crippen molar-refractivity contribution in [2.24, 2.45) is 0 Å². The van der Waals surface area contributed by atoms with Gasteiger partial charge in [0.25, 0.3) is 0 Å². The maximum Gasteiger partial charge on any atom is 0.234 e. The summed E-state index contributed by atoms with van der Waals surface area (Å²) < 4.78 is 2.83. The first-order chi connectivity index (χ1) is 13.0. The van der Waals surface area contributed by atoms with Crippen molar-refractivity contribution in [3.63, 3.8) is 0 Å². The second-order valence-corrected chi connectivity index (χ2v) is 8.22. The fourth-order valence-corrected chi connectivity index (χ4v) is 4.14. The van der Waals surface area contributed by atoms with E-state index in [0.717, 1.165) is 15.7 Å². The van der Waals surface area contributed by atoms with Gasteiger partial charge in [0.2, 0.25) is 5.91 Å². The molecule has 0 unspecified atom stereocenters. The number of hydrogen-bond acceptors (Lipinski definition) is 4. The van der Waals surface area contributed by atoms with E-state index in [9.17, 15) is 4.79 Å². The zero-order valence-electron chi connectivity index (χ0n) is 14.2. The summed E-state index contributed by atoms with van der Waals surface area (Å²) in [6.07, 6.45) is 0. The molecule has 0 saturated heterocycles. The molecule has 5 nitrogen and oxygen atoms in total. The lowest BCUT2D eigenvalue weighted by Gasteiger charge is -2.09. The van der Waals surface area contributed by atoms with E-state index in [1.807, 2.05) is 41.8 Å². The Kier molecular flexibility index (Phi) is 6.81. The molecule has 0 bridgehead atoms. The standard InChI is InChI=1S/C18H15BrCl2N4OS/c1-2-25-17(14-7-6-12(20)9-15(14)21)23-24-18(25)27-10-16(26)22-13-5-3-4-11(19)8-13/h3-9H,2,10H2,1H3,(H,22,26). The molecule has 1 heterocycles. The number of hydrogen-bond donors (Lipinski definition) is 1. The van der Waals surface area contributed by atoms with Crippen LogP contribution in [0, 0.1) is 0 Å². The molecule has 1 aromatic heterocycles. The number of nitrogens with one attached hydrogen (secondary N) is 1. The van der Waals surface area contributed by atoms with Crippen LogP contribution in [-0.4, -0.2) is 26.4 Å². The minimum absolute atomic E-state index is 0.116. The Morgan fingerprint density at radius 2 is 2.04 bits per heavy atom. The third kappa shape index (κ3) is 5.04. The number of carbonyl (C=O) groups excluding carboxylic acids is 1. The van der Waals surface area contributed by atoms with Gasteiger partial charge < -0.3 is 9.88 Å². The summed E-state index contributed by atoms with van der Waals surface area (Å²) in [6, 6.07) is 12.7. The molecule has 0 atom stereocenters. The highest BCUT2D eigenvalue weighted by atomic mass is 79.9. The maximum atomic E-state index is 12.2. The molecule has 3 aromatic rings. The Hall–Kier alpha value is -1.54. The monoisotopic (exact) mass is 484 g/mol. The number of benzene rings is 2.